The highest BCUT2D eigenvalue weighted by Crippen LogP contribution is 2.23. The molecule has 21 heavy (non-hydrogen) atoms. The van der Waals surface area contributed by atoms with Gasteiger partial charge < -0.3 is 9.84 Å². The van der Waals surface area contributed by atoms with E-state index in [1.165, 1.54) is 23.9 Å². The summed E-state index contributed by atoms with van der Waals surface area (Å²) in [5.41, 5.74) is 0.160. The van der Waals surface area contributed by atoms with Crippen LogP contribution in [0.25, 0.3) is 0 Å². The number of hydrogen-bond donors (Lipinski definition) is 1. The van der Waals surface area contributed by atoms with Gasteiger partial charge in [-0.2, -0.15) is 0 Å². The number of rotatable bonds is 7. The van der Waals surface area contributed by atoms with Crippen molar-refractivity contribution in [3.63, 3.8) is 0 Å². The number of ether oxygens (including phenoxy) is 1. The highest BCUT2D eigenvalue weighted by molar-refractivity contribution is 7.99. The van der Waals surface area contributed by atoms with Crippen LogP contribution in [0.2, 0.25) is 0 Å². The van der Waals surface area contributed by atoms with Gasteiger partial charge in [0.05, 0.1) is 18.8 Å². The van der Waals surface area contributed by atoms with Crippen LogP contribution in [-0.2, 0) is 11.3 Å². The molecule has 112 valence electrons. The van der Waals surface area contributed by atoms with Gasteiger partial charge in [0, 0.05) is 10.6 Å². The highest BCUT2D eigenvalue weighted by atomic mass is 32.2. The molecule has 2 aromatic rings. The van der Waals surface area contributed by atoms with Crippen molar-refractivity contribution in [3.8, 4) is 0 Å². The summed E-state index contributed by atoms with van der Waals surface area (Å²) in [6, 6.07) is 16.1. The maximum Gasteiger partial charge on any atom is 0.123 e. The first kappa shape index (κ1) is 16.0. The Balaban J connectivity index is 1.75. The van der Waals surface area contributed by atoms with E-state index in [1.54, 1.807) is 19.1 Å². The molecule has 0 fully saturated rings. The standard InChI is InChI=1S/C17H19FO2S/c1-17(19,12-20-11-14-5-3-2-4-6-14)13-21-16-9-7-15(18)8-10-16/h2-10,19H,11-13H2,1H3. The average molecular weight is 306 g/mol. The fourth-order valence-electron chi connectivity index (χ4n) is 1.77. The molecule has 0 saturated carbocycles. The van der Waals surface area contributed by atoms with Crippen LogP contribution in [0.15, 0.2) is 59.5 Å². The van der Waals surface area contributed by atoms with Crippen molar-refractivity contribution in [1.29, 1.82) is 0 Å². The molecular weight excluding hydrogens is 287 g/mol. The maximum absolute atomic E-state index is 12.8. The highest BCUT2D eigenvalue weighted by Gasteiger charge is 2.21. The van der Waals surface area contributed by atoms with Gasteiger partial charge in [-0.15, -0.1) is 11.8 Å². The van der Waals surface area contributed by atoms with Gasteiger partial charge in [0.15, 0.2) is 0 Å². The number of aliphatic hydroxyl groups is 1. The van der Waals surface area contributed by atoms with Crippen LogP contribution in [-0.4, -0.2) is 23.1 Å². The first-order valence-corrected chi connectivity index (χ1v) is 7.76. The minimum atomic E-state index is -0.923. The largest absolute Gasteiger partial charge is 0.387 e. The SMILES string of the molecule is CC(O)(COCc1ccccc1)CSc1ccc(F)cc1. The Labute approximate surface area is 129 Å². The summed E-state index contributed by atoms with van der Waals surface area (Å²) in [4.78, 5) is 0.930. The van der Waals surface area contributed by atoms with Crippen molar-refractivity contribution in [2.75, 3.05) is 12.4 Å². The zero-order valence-corrected chi connectivity index (χ0v) is 12.8. The topological polar surface area (TPSA) is 29.5 Å². The minimum absolute atomic E-state index is 0.252. The molecule has 1 unspecified atom stereocenters. The van der Waals surface area contributed by atoms with Crippen LogP contribution >= 0.6 is 11.8 Å². The lowest BCUT2D eigenvalue weighted by atomic mass is 10.1. The third-order valence-electron chi connectivity index (χ3n) is 2.89. The lowest BCUT2D eigenvalue weighted by molar-refractivity contribution is -0.0236. The number of benzene rings is 2. The lowest BCUT2D eigenvalue weighted by Gasteiger charge is -2.22. The van der Waals surface area contributed by atoms with E-state index in [1.807, 2.05) is 30.3 Å². The van der Waals surface area contributed by atoms with Crippen LogP contribution < -0.4 is 0 Å². The second-order valence-corrected chi connectivity index (χ2v) is 6.27. The van der Waals surface area contributed by atoms with Gasteiger partial charge >= 0.3 is 0 Å². The summed E-state index contributed by atoms with van der Waals surface area (Å²) in [6.07, 6.45) is 0. The van der Waals surface area contributed by atoms with E-state index in [4.69, 9.17) is 4.74 Å². The molecule has 0 aliphatic heterocycles. The molecule has 1 atom stereocenters. The molecule has 0 bridgehead atoms. The number of halogens is 1. The predicted octanol–water partition coefficient (Wildman–Crippen LogP) is 3.89. The average Bonchev–Trinajstić information content (AvgIpc) is 2.48. The molecule has 0 aromatic heterocycles. The summed E-state index contributed by atoms with van der Waals surface area (Å²) in [7, 11) is 0. The molecule has 2 rings (SSSR count). The summed E-state index contributed by atoms with van der Waals surface area (Å²) in [6.45, 7) is 2.49. The molecule has 0 aliphatic carbocycles. The quantitative estimate of drug-likeness (QED) is 0.787. The van der Waals surface area contributed by atoms with Gasteiger partial charge in [-0.1, -0.05) is 30.3 Å². The van der Waals surface area contributed by atoms with Crippen molar-refractivity contribution in [1.82, 2.24) is 0 Å². The van der Waals surface area contributed by atoms with Gasteiger partial charge in [-0.05, 0) is 36.8 Å². The van der Waals surface area contributed by atoms with Crippen molar-refractivity contribution in [3.05, 3.63) is 66.0 Å². The molecule has 1 N–H and O–H groups in total. The molecule has 0 radical (unpaired) electrons. The Morgan fingerprint density at radius 1 is 1.10 bits per heavy atom. The van der Waals surface area contributed by atoms with E-state index >= 15 is 0 Å². The van der Waals surface area contributed by atoms with Crippen LogP contribution in [0, 0.1) is 5.82 Å². The van der Waals surface area contributed by atoms with Crippen molar-refractivity contribution in [2.45, 2.75) is 24.0 Å². The van der Waals surface area contributed by atoms with Gasteiger partial charge in [-0.3, -0.25) is 0 Å². The van der Waals surface area contributed by atoms with E-state index in [0.29, 0.717) is 12.4 Å². The van der Waals surface area contributed by atoms with Gasteiger partial charge in [0.1, 0.15) is 5.82 Å². The molecule has 0 amide bonds. The van der Waals surface area contributed by atoms with E-state index < -0.39 is 5.60 Å². The molecule has 0 heterocycles. The van der Waals surface area contributed by atoms with E-state index in [0.717, 1.165) is 10.5 Å². The Hall–Kier alpha value is -1.36. The molecule has 0 spiro atoms. The third-order valence-corrected chi connectivity index (χ3v) is 4.26. The first-order valence-electron chi connectivity index (χ1n) is 6.78. The smallest absolute Gasteiger partial charge is 0.123 e. The molecule has 0 saturated heterocycles. The van der Waals surface area contributed by atoms with Gasteiger partial charge in [-0.25, -0.2) is 4.39 Å². The second kappa shape index (κ2) is 7.59. The predicted molar refractivity (Wildman–Crippen MR) is 83.8 cm³/mol. The van der Waals surface area contributed by atoms with Crippen molar-refractivity contribution in [2.24, 2.45) is 0 Å². The molecule has 4 heteroatoms. The van der Waals surface area contributed by atoms with Gasteiger partial charge in [0.25, 0.3) is 0 Å². The fourth-order valence-corrected chi connectivity index (χ4v) is 2.66. The summed E-state index contributed by atoms with van der Waals surface area (Å²) >= 11 is 1.49. The van der Waals surface area contributed by atoms with Gasteiger partial charge in [0.2, 0.25) is 0 Å². The van der Waals surface area contributed by atoms with E-state index in [2.05, 4.69) is 0 Å². The number of thioether (sulfide) groups is 1. The second-order valence-electron chi connectivity index (χ2n) is 5.22. The molecule has 0 aliphatic rings. The Kier molecular flexibility index (Phi) is 5.79. The van der Waals surface area contributed by atoms with Crippen LogP contribution in [0.1, 0.15) is 12.5 Å². The zero-order chi connectivity index (χ0) is 15.1. The Morgan fingerprint density at radius 3 is 2.43 bits per heavy atom. The van der Waals surface area contributed by atoms with Crippen LogP contribution in [0.5, 0.6) is 0 Å². The third kappa shape index (κ3) is 5.87. The monoisotopic (exact) mass is 306 g/mol. The first-order chi connectivity index (χ1) is 10.1. The summed E-state index contributed by atoms with van der Waals surface area (Å²) in [5, 5.41) is 10.3. The summed E-state index contributed by atoms with van der Waals surface area (Å²) < 4.78 is 18.4. The Bertz CT molecular complexity index is 540. The normalized spacial score (nSPS) is 13.9. The molecular formula is C17H19FO2S. The van der Waals surface area contributed by atoms with E-state index in [-0.39, 0.29) is 12.4 Å². The molecule has 2 aromatic carbocycles. The summed E-state index contributed by atoms with van der Waals surface area (Å²) in [5.74, 6) is 0.241. The lowest BCUT2D eigenvalue weighted by Crippen LogP contribution is -2.33. The zero-order valence-electron chi connectivity index (χ0n) is 12.0. The van der Waals surface area contributed by atoms with Crippen molar-refractivity contribution < 1.29 is 14.2 Å². The maximum atomic E-state index is 12.8. The van der Waals surface area contributed by atoms with Crippen LogP contribution in [0.3, 0.4) is 0 Å². The fraction of sp³-hybridized carbons (Fsp3) is 0.294. The van der Waals surface area contributed by atoms with Crippen LogP contribution in [0.4, 0.5) is 4.39 Å². The molecule has 2 nitrogen and oxygen atoms in total. The minimum Gasteiger partial charge on any atom is -0.387 e. The van der Waals surface area contributed by atoms with Crippen molar-refractivity contribution >= 4 is 11.8 Å². The number of hydrogen-bond acceptors (Lipinski definition) is 3. The van der Waals surface area contributed by atoms with E-state index in [9.17, 15) is 9.50 Å². The Morgan fingerprint density at radius 2 is 1.76 bits per heavy atom.